The molecular weight excluding hydrogens is 598 g/mol. The second-order valence-corrected chi connectivity index (χ2v) is 14.2. The number of aromatic nitrogens is 1. The Morgan fingerprint density at radius 3 is 2.28 bits per heavy atom. The van der Waals surface area contributed by atoms with E-state index in [1.807, 2.05) is 0 Å². The van der Waals surface area contributed by atoms with Crippen LogP contribution in [0, 0.1) is 29.5 Å². The van der Waals surface area contributed by atoms with Crippen LogP contribution < -0.4 is 11.1 Å². The summed E-state index contributed by atoms with van der Waals surface area (Å²) in [7, 11) is 0. The van der Waals surface area contributed by atoms with Gasteiger partial charge in [0.15, 0.2) is 11.5 Å². The topological polar surface area (TPSA) is 144 Å². The average Bonchev–Trinajstić information content (AvgIpc) is 3.55. The Bertz CT molecular complexity index is 1460. The molecule has 3 fully saturated rings. The second-order valence-electron chi connectivity index (χ2n) is 14.2. The zero-order valence-electron chi connectivity index (χ0n) is 26.8. The molecule has 3 amide bonds. The van der Waals surface area contributed by atoms with Crippen LogP contribution in [0.15, 0.2) is 24.3 Å². The van der Waals surface area contributed by atoms with E-state index in [1.54, 1.807) is 39.0 Å². The molecule has 2 aromatic rings. The molecule has 3 aliphatic rings. The number of hydrogen-bond acceptors (Lipinski definition) is 5. The Kier molecular flexibility index (Phi) is 9.93. The predicted octanol–water partition coefficient (Wildman–Crippen LogP) is 5.93. The number of ether oxygens (including phenoxy) is 1. The number of halogens is 2. The fraction of sp³-hybridized carbons (Fsp3) is 0.647. The van der Waals surface area contributed by atoms with E-state index in [2.05, 4.69) is 5.32 Å². The smallest absolute Gasteiger partial charge is 0.407 e. The summed E-state index contributed by atoms with van der Waals surface area (Å²) in [4.78, 5) is 54.1. The van der Waals surface area contributed by atoms with Crippen LogP contribution in [0.5, 0.6) is 0 Å². The number of nitrogens with one attached hydrogen (secondary N) is 1. The lowest BCUT2D eigenvalue weighted by molar-refractivity contribution is -0.146. The molecule has 46 heavy (non-hydrogen) atoms. The molecule has 12 heteroatoms. The minimum absolute atomic E-state index is 0.117. The number of benzene rings is 1. The van der Waals surface area contributed by atoms with E-state index in [-0.39, 0.29) is 35.5 Å². The van der Waals surface area contributed by atoms with Crippen molar-refractivity contribution in [2.45, 2.75) is 109 Å². The first-order chi connectivity index (χ1) is 21.8. The third kappa shape index (κ3) is 6.71. The number of likely N-dealkylation sites (tertiary alicyclic amines) is 1. The zero-order valence-corrected chi connectivity index (χ0v) is 26.8. The number of primary amides is 1. The maximum atomic E-state index is 15.7. The van der Waals surface area contributed by atoms with Gasteiger partial charge in [-0.05, 0) is 82.8 Å². The SMILES string of the molecule is CC(C)(C)OC(=O)NC(CF)[C@H]1CC[C@H](C(=O)N2C(n3c(C(=O)O)c(F)c4ccccc43)C[C@@H](C3CCCCC3)[C@H]2C(N)=O)CC1. The fourth-order valence-corrected chi connectivity index (χ4v) is 8.20. The van der Waals surface area contributed by atoms with Crippen molar-refractivity contribution in [2.75, 3.05) is 6.67 Å². The summed E-state index contributed by atoms with van der Waals surface area (Å²) in [6, 6.07) is 4.69. The summed E-state index contributed by atoms with van der Waals surface area (Å²) in [6.07, 6.45) is 5.12. The van der Waals surface area contributed by atoms with Crippen molar-refractivity contribution in [1.82, 2.24) is 14.8 Å². The summed E-state index contributed by atoms with van der Waals surface area (Å²) in [5, 5.41) is 12.9. The number of fused-ring (bicyclic) bond motifs is 1. The average molecular weight is 645 g/mol. The summed E-state index contributed by atoms with van der Waals surface area (Å²) >= 11 is 0. The summed E-state index contributed by atoms with van der Waals surface area (Å²) in [5.41, 5.74) is 5.09. The van der Waals surface area contributed by atoms with E-state index in [1.165, 1.54) is 15.5 Å². The van der Waals surface area contributed by atoms with Gasteiger partial charge < -0.3 is 30.4 Å². The Hall–Kier alpha value is -3.70. The van der Waals surface area contributed by atoms with Crippen LogP contribution >= 0.6 is 0 Å². The quantitative estimate of drug-likeness (QED) is 0.325. The van der Waals surface area contributed by atoms with E-state index in [0.717, 1.165) is 32.1 Å². The van der Waals surface area contributed by atoms with Gasteiger partial charge in [0.05, 0.1) is 11.6 Å². The number of para-hydroxylation sites is 1. The molecule has 2 unspecified atom stereocenters. The predicted molar refractivity (Wildman–Crippen MR) is 167 cm³/mol. The maximum Gasteiger partial charge on any atom is 0.407 e. The lowest BCUT2D eigenvalue weighted by Crippen LogP contribution is -2.52. The molecule has 2 saturated carbocycles. The lowest BCUT2D eigenvalue weighted by atomic mass is 9.76. The van der Waals surface area contributed by atoms with E-state index in [9.17, 15) is 28.7 Å². The van der Waals surface area contributed by atoms with Gasteiger partial charge in [0.1, 0.15) is 24.5 Å². The van der Waals surface area contributed by atoms with E-state index < -0.39 is 65.9 Å². The molecule has 1 aromatic heterocycles. The number of nitrogens with zero attached hydrogens (tertiary/aromatic N) is 2. The Morgan fingerprint density at radius 2 is 1.70 bits per heavy atom. The molecule has 2 heterocycles. The highest BCUT2D eigenvalue weighted by Crippen LogP contribution is 2.48. The molecule has 5 rings (SSSR count). The number of carbonyl (C=O) groups is 4. The van der Waals surface area contributed by atoms with Gasteiger partial charge in [-0.2, -0.15) is 0 Å². The number of rotatable bonds is 8. The first-order valence-corrected chi connectivity index (χ1v) is 16.5. The third-order valence-electron chi connectivity index (χ3n) is 10.2. The monoisotopic (exact) mass is 644 g/mol. The molecule has 1 saturated heterocycles. The van der Waals surface area contributed by atoms with Gasteiger partial charge in [-0.25, -0.2) is 18.4 Å². The van der Waals surface area contributed by atoms with Crippen molar-refractivity contribution in [3.63, 3.8) is 0 Å². The van der Waals surface area contributed by atoms with Gasteiger partial charge in [-0.15, -0.1) is 0 Å². The number of alkyl halides is 1. The summed E-state index contributed by atoms with van der Waals surface area (Å²) in [6.45, 7) is 4.39. The van der Waals surface area contributed by atoms with Crippen LogP contribution in [0.2, 0.25) is 0 Å². The molecule has 252 valence electrons. The number of nitrogens with two attached hydrogens (primary N) is 1. The van der Waals surface area contributed by atoms with Gasteiger partial charge in [0.25, 0.3) is 0 Å². The molecule has 0 bridgehead atoms. The highest BCUT2D eigenvalue weighted by molar-refractivity contribution is 5.96. The summed E-state index contributed by atoms with van der Waals surface area (Å²) < 4.78 is 36.4. The van der Waals surface area contributed by atoms with E-state index in [4.69, 9.17) is 10.5 Å². The van der Waals surface area contributed by atoms with Crippen molar-refractivity contribution in [2.24, 2.45) is 29.4 Å². The lowest BCUT2D eigenvalue weighted by Gasteiger charge is -2.38. The number of alkyl carbamates (subject to hydrolysis) is 1. The standard InChI is InChI=1S/C34H46F2N4O6/c1-34(2,3)46-33(45)38-24(18-35)20-13-15-21(16-14-20)31(42)40-26(17-23(28(40)30(37)41)19-9-5-4-6-10-19)39-25-12-8-7-11-22(25)27(36)29(39)32(43)44/h7-8,11-12,19-21,23-24,26,28H,4-6,9-10,13-18H2,1-3H3,(H2,37,41)(H,38,45)(H,43,44)/t20-,21-,23-,24?,26?,28-/m0/s1. The van der Waals surface area contributed by atoms with E-state index >= 15 is 4.39 Å². The van der Waals surface area contributed by atoms with Crippen molar-refractivity contribution < 1.29 is 37.8 Å². The van der Waals surface area contributed by atoms with Crippen molar-refractivity contribution in [3.8, 4) is 0 Å². The molecule has 1 aromatic carbocycles. The first kappa shape index (κ1) is 33.7. The molecule has 0 radical (unpaired) electrons. The van der Waals surface area contributed by atoms with Crippen LogP contribution in [0.4, 0.5) is 13.6 Å². The first-order valence-electron chi connectivity index (χ1n) is 16.5. The zero-order chi connectivity index (χ0) is 33.3. The molecule has 0 spiro atoms. The van der Waals surface area contributed by atoms with Crippen LogP contribution in [-0.2, 0) is 14.3 Å². The number of carboxylic acids is 1. The fourth-order valence-electron chi connectivity index (χ4n) is 8.20. The minimum atomic E-state index is -1.46. The van der Waals surface area contributed by atoms with Crippen LogP contribution in [-0.4, -0.2) is 62.8 Å². The highest BCUT2D eigenvalue weighted by Gasteiger charge is 2.52. The van der Waals surface area contributed by atoms with Crippen molar-refractivity contribution >= 4 is 34.8 Å². The van der Waals surface area contributed by atoms with Crippen molar-refractivity contribution in [1.29, 1.82) is 0 Å². The Morgan fingerprint density at radius 1 is 1.04 bits per heavy atom. The molecule has 4 atom stereocenters. The van der Waals surface area contributed by atoms with Crippen LogP contribution in [0.3, 0.4) is 0 Å². The number of amides is 3. The second kappa shape index (κ2) is 13.6. The van der Waals surface area contributed by atoms with E-state index in [0.29, 0.717) is 31.2 Å². The number of carbonyl (C=O) groups excluding carboxylic acids is 3. The molecule has 4 N–H and O–H groups in total. The van der Waals surface area contributed by atoms with Crippen molar-refractivity contribution in [3.05, 3.63) is 35.8 Å². The third-order valence-corrected chi connectivity index (χ3v) is 10.2. The van der Waals surface area contributed by atoms with Gasteiger partial charge in [-0.3, -0.25) is 9.59 Å². The molecule has 1 aliphatic heterocycles. The van der Waals surface area contributed by atoms with Gasteiger partial charge in [0.2, 0.25) is 11.8 Å². The molecule has 2 aliphatic carbocycles. The highest BCUT2D eigenvalue weighted by atomic mass is 19.1. The summed E-state index contributed by atoms with van der Waals surface area (Å²) in [5.74, 6) is -4.29. The van der Waals surface area contributed by atoms with Gasteiger partial charge in [0, 0.05) is 11.3 Å². The minimum Gasteiger partial charge on any atom is -0.476 e. The van der Waals surface area contributed by atoms with Gasteiger partial charge >= 0.3 is 12.1 Å². The van der Waals surface area contributed by atoms with Crippen LogP contribution in [0.1, 0.15) is 102 Å². The number of hydrogen-bond donors (Lipinski definition) is 3. The molecule has 10 nitrogen and oxygen atoms in total. The normalized spacial score (nSPS) is 26.5. The number of aromatic carboxylic acids is 1. The maximum absolute atomic E-state index is 15.7. The van der Waals surface area contributed by atoms with Crippen LogP contribution in [0.25, 0.3) is 10.9 Å². The number of carboxylic acid groups (broad SMARTS) is 1. The van der Waals surface area contributed by atoms with Gasteiger partial charge in [-0.1, -0.05) is 44.2 Å². The largest absolute Gasteiger partial charge is 0.476 e. The Labute approximate surface area is 268 Å². The molecular formula is C34H46F2N4O6. The Balaban J connectivity index is 1.46.